The fraction of sp³-hybridized carbons (Fsp3) is 0.647. The number of aromatic hydroxyl groups is 1. The van der Waals surface area contributed by atoms with Crippen LogP contribution in [0.25, 0.3) is 0 Å². The molecular weight excluding hydrogens is 236 g/mol. The van der Waals surface area contributed by atoms with Crippen LogP contribution in [0, 0.1) is 11.3 Å². The van der Waals surface area contributed by atoms with Gasteiger partial charge in [0.15, 0.2) is 0 Å². The van der Waals surface area contributed by atoms with Gasteiger partial charge in [-0.15, -0.1) is 0 Å². The lowest BCUT2D eigenvalue weighted by Gasteiger charge is -2.56. The van der Waals surface area contributed by atoms with Crippen LogP contribution >= 0.6 is 0 Å². The fourth-order valence-electron chi connectivity index (χ4n) is 4.69. The van der Waals surface area contributed by atoms with Crippen molar-refractivity contribution in [1.82, 2.24) is 0 Å². The van der Waals surface area contributed by atoms with E-state index in [1.807, 2.05) is 12.1 Å². The first-order valence-electron chi connectivity index (χ1n) is 7.36. The molecular formula is C17H24O2. The number of hydrogen-bond acceptors (Lipinski definition) is 2. The highest BCUT2D eigenvalue weighted by Crippen LogP contribution is 2.57. The molecule has 0 amide bonds. The van der Waals surface area contributed by atoms with E-state index in [0.29, 0.717) is 11.7 Å². The molecule has 0 radical (unpaired) electrons. The van der Waals surface area contributed by atoms with E-state index in [1.165, 1.54) is 11.1 Å². The molecule has 0 unspecified atom stereocenters. The summed E-state index contributed by atoms with van der Waals surface area (Å²) in [6.07, 6.45) is 3.85. The van der Waals surface area contributed by atoms with Crippen molar-refractivity contribution >= 4 is 0 Å². The Kier molecular flexibility index (Phi) is 2.72. The van der Waals surface area contributed by atoms with Gasteiger partial charge in [-0.2, -0.15) is 0 Å². The minimum absolute atomic E-state index is 0.0252. The molecule has 3 atom stereocenters. The molecule has 1 fully saturated rings. The average molecular weight is 260 g/mol. The standard InChI is InChI=1S/C17H24O2/c1-16(2)14-7-4-11-10-12(18)5-6-13(11)17(14,3)9-8-15(16)19/h5-6,10,14-15,18-19H,4,7-9H2,1-3H3/t14-,15+,17+/m0/s1. The number of aliphatic hydroxyl groups excluding tert-OH is 1. The SMILES string of the molecule is CC1(C)[C@H](O)CC[C@]2(C)c3ccc(O)cc3CC[C@@H]12. The number of rotatable bonds is 0. The minimum atomic E-state index is -0.191. The quantitative estimate of drug-likeness (QED) is 0.750. The Morgan fingerprint density at radius 3 is 2.63 bits per heavy atom. The Balaban J connectivity index is 2.10. The highest BCUT2D eigenvalue weighted by atomic mass is 16.3. The number of hydrogen-bond donors (Lipinski definition) is 2. The minimum Gasteiger partial charge on any atom is -0.508 e. The molecule has 19 heavy (non-hydrogen) atoms. The average Bonchev–Trinajstić information content (AvgIpc) is 2.34. The van der Waals surface area contributed by atoms with Crippen molar-refractivity contribution in [3.8, 4) is 5.75 Å². The van der Waals surface area contributed by atoms with Crippen molar-refractivity contribution < 1.29 is 10.2 Å². The van der Waals surface area contributed by atoms with Crippen molar-refractivity contribution in [2.24, 2.45) is 11.3 Å². The zero-order valence-corrected chi connectivity index (χ0v) is 12.1. The lowest BCUT2D eigenvalue weighted by atomic mass is 9.49. The molecule has 0 bridgehead atoms. The number of fused-ring (bicyclic) bond motifs is 3. The van der Waals surface area contributed by atoms with Crippen molar-refractivity contribution in [3.63, 3.8) is 0 Å². The summed E-state index contributed by atoms with van der Waals surface area (Å²) in [5.41, 5.74) is 2.81. The molecule has 2 N–H and O–H groups in total. The summed E-state index contributed by atoms with van der Waals surface area (Å²) in [6, 6.07) is 5.84. The zero-order valence-electron chi connectivity index (χ0n) is 12.1. The van der Waals surface area contributed by atoms with Crippen LogP contribution in [-0.2, 0) is 11.8 Å². The molecule has 1 aromatic rings. The Hall–Kier alpha value is -1.02. The topological polar surface area (TPSA) is 40.5 Å². The summed E-state index contributed by atoms with van der Waals surface area (Å²) >= 11 is 0. The Morgan fingerprint density at radius 2 is 1.89 bits per heavy atom. The highest BCUT2D eigenvalue weighted by molar-refractivity contribution is 5.43. The first kappa shape index (κ1) is 13.0. The molecule has 2 nitrogen and oxygen atoms in total. The lowest BCUT2D eigenvalue weighted by Crippen LogP contribution is -2.53. The fourth-order valence-corrected chi connectivity index (χ4v) is 4.69. The highest BCUT2D eigenvalue weighted by Gasteiger charge is 2.53. The predicted molar refractivity (Wildman–Crippen MR) is 76.3 cm³/mol. The van der Waals surface area contributed by atoms with Gasteiger partial charge in [0, 0.05) is 0 Å². The van der Waals surface area contributed by atoms with Gasteiger partial charge in [-0.25, -0.2) is 0 Å². The molecule has 2 aliphatic rings. The summed E-state index contributed by atoms with van der Waals surface area (Å²) in [5.74, 6) is 0.886. The third-order valence-corrected chi connectivity index (χ3v) is 5.87. The van der Waals surface area contributed by atoms with Gasteiger partial charge in [0.25, 0.3) is 0 Å². The summed E-state index contributed by atoms with van der Waals surface area (Å²) < 4.78 is 0. The smallest absolute Gasteiger partial charge is 0.115 e. The molecule has 0 saturated heterocycles. The Morgan fingerprint density at radius 1 is 1.16 bits per heavy atom. The number of phenols is 1. The van der Waals surface area contributed by atoms with E-state index in [0.717, 1.165) is 25.7 Å². The maximum Gasteiger partial charge on any atom is 0.115 e. The second kappa shape index (κ2) is 3.99. The number of phenolic OH excluding ortho intramolecular Hbond substituents is 1. The molecule has 1 aromatic carbocycles. The summed E-state index contributed by atoms with van der Waals surface area (Å²) in [7, 11) is 0. The van der Waals surface area contributed by atoms with Gasteiger partial charge in [-0.05, 0) is 65.7 Å². The van der Waals surface area contributed by atoms with Crippen LogP contribution in [-0.4, -0.2) is 16.3 Å². The predicted octanol–water partition coefficient (Wildman–Crippen LogP) is 3.39. The first-order chi connectivity index (χ1) is 8.85. The monoisotopic (exact) mass is 260 g/mol. The van der Waals surface area contributed by atoms with Crippen LogP contribution in [0.1, 0.15) is 51.2 Å². The second-order valence-corrected chi connectivity index (χ2v) is 7.23. The van der Waals surface area contributed by atoms with Gasteiger partial charge in [0.05, 0.1) is 6.10 Å². The van der Waals surface area contributed by atoms with Crippen molar-refractivity contribution in [3.05, 3.63) is 29.3 Å². The van der Waals surface area contributed by atoms with E-state index >= 15 is 0 Å². The van der Waals surface area contributed by atoms with E-state index in [9.17, 15) is 10.2 Å². The van der Waals surface area contributed by atoms with E-state index < -0.39 is 0 Å². The first-order valence-corrected chi connectivity index (χ1v) is 7.36. The second-order valence-electron chi connectivity index (χ2n) is 7.23. The van der Waals surface area contributed by atoms with Crippen molar-refractivity contribution in [2.75, 3.05) is 0 Å². The van der Waals surface area contributed by atoms with E-state index in [2.05, 4.69) is 26.8 Å². The Bertz CT molecular complexity index is 506. The normalized spacial score (nSPS) is 36.4. The van der Waals surface area contributed by atoms with Crippen LogP contribution in [0.3, 0.4) is 0 Å². The molecule has 2 heteroatoms. The molecule has 2 aliphatic carbocycles. The Labute approximate surface area is 115 Å². The molecule has 3 rings (SSSR count). The van der Waals surface area contributed by atoms with Crippen LogP contribution in [0.5, 0.6) is 5.75 Å². The molecule has 0 heterocycles. The molecule has 0 spiro atoms. The lowest BCUT2D eigenvalue weighted by molar-refractivity contribution is -0.0731. The van der Waals surface area contributed by atoms with Gasteiger partial charge in [0.2, 0.25) is 0 Å². The van der Waals surface area contributed by atoms with E-state index in [4.69, 9.17) is 0 Å². The number of aliphatic hydroxyl groups is 1. The summed E-state index contributed by atoms with van der Waals surface area (Å²) in [4.78, 5) is 0. The van der Waals surface area contributed by atoms with Crippen LogP contribution in [0.15, 0.2) is 18.2 Å². The van der Waals surface area contributed by atoms with Gasteiger partial charge in [-0.3, -0.25) is 0 Å². The number of aryl methyl sites for hydroxylation is 1. The van der Waals surface area contributed by atoms with E-state index in [-0.39, 0.29) is 16.9 Å². The third-order valence-electron chi connectivity index (χ3n) is 5.87. The molecule has 104 valence electrons. The molecule has 0 aromatic heterocycles. The van der Waals surface area contributed by atoms with Gasteiger partial charge in [-0.1, -0.05) is 26.8 Å². The molecule has 1 saturated carbocycles. The molecule has 0 aliphatic heterocycles. The number of benzene rings is 1. The van der Waals surface area contributed by atoms with Gasteiger partial charge >= 0.3 is 0 Å². The van der Waals surface area contributed by atoms with Crippen LogP contribution in [0.2, 0.25) is 0 Å². The maximum absolute atomic E-state index is 10.3. The largest absolute Gasteiger partial charge is 0.508 e. The van der Waals surface area contributed by atoms with Gasteiger partial charge < -0.3 is 10.2 Å². The summed E-state index contributed by atoms with van der Waals surface area (Å²) in [5, 5.41) is 20.0. The van der Waals surface area contributed by atoms with Crippen LogP contribution < -0.4 is 0 Å². The zero-order chi connectivity index (χ0) is 13.8. The third kappa shape index (κ3) is 1.73. The summed E-state index contributed by atoms with van der Waals surface area (Å²) in [6.45, 7) is 6.77. The van der Waals surface area contributed by atoms with Crippen molar-refractivity contribution in [2.45, 2.75) is 58.0 Å². The maximum atomic E-state index is 10.3. The van der Waals surface area contributed by atoms with Crippen LogP contribution in [0.4, 0.5) is 0 Å². The van der Waals surface area contributed by atoms with Crippen molar-refractivity contribution in [1.29, 1.82) is 0 Å². The van der Waals surface area contributed by atoms with Gasteiger partial charge in [0.1, 0.15) is 5.75 Å². The van der Waals surface area contributed by atoms with E-state index in [1.54, 1.807) is 0 Å².